The third-order valence-corrected chi connectivity index (χ3v) is 4.75. The summed E-state index contributed by atoms with van der Waals surface area (Å²) < 4.78 is 1.99. The Morgan fingerprint density at radius 3 is 2.78 bits per heavy atom. The molecule has 1 atom stereocenters. The second kappa shape index (κ2) is 6.72. The minimum absolute atomic E-state index is 0.0291. The van der Waals surface area contributed by atoms with Crippen LogP contribution in [0.4, 0.5) is 0 Å². The predicted molar refractivity (Wildman–Crippen MR) is 87.0 cm³/mol. The monoisotopic (exact) mass is 318 g/mol. The molecule has 3 rings (SSSR count). The largest absolute Gasteiger partial charge is 0.350 e. The molecule has 1 fully saturated rings. The van der Waals surface area contributed by atoms with Crippen LogP contribution in [-0.4, -0.2) is 45.9 Å². The summed E-state index contributed by atoms with van der Waals surface area (Å²) >= 11 is 0. The molecule has 1 aromatic heterocycles. The summed E-state index contributed by atoms with van der Waals surface area (Å²) in [6.45, 7) is 7.23. The number of amides is 2. The molecular weight excluding hydrogens is 292 g/mol. The zero-order valence-electron chi connectivity index (χ0n) is 14.0. The van der Waals surface area contributed by atoms with E-state index >= 15 is 0 Å². The topological polar surface area (TPSA) is 67.2 Å². The van der Waals surface area contributed by atoms with Gasteiger partial charge in [-0.2, -0.15) is 0 Å². The fraction of sp³-hybridized carbons (Fsp3) is 0.706. The Morgan fingerprint density at radius 2 is 2.09 bits per heavy atom. The van der Waals surface area contributed by atoms with Gasteiger partial charge in [0.2, 0.25) is 5.91 Å². The minimum atomic E-state index is -0.100. The number of carbonyl (C=O) groups excluding carboxylic acids is 2. The number of nitrogens with zero attached hydrogens (tertiary/aromatic N) is 3. The third kappa shape index (κ3) is 3.41. The van der Waals surface area contributed by atoms with Crippen molar-refractivity contribution in [3.63, 3.8) is 0 Å². The van der Waals surface area contributed by atoms with E-state index in [9.17, 15) is 9.59 Å². The van der Waals surface area contributed by atoms with Crippen LogP contribution in [0.3, 0.4) is 0 Å². The van der Waals surface area contributed by atoms with E-state index in [4.69, 9.17) is 0 Å². The Balaban J connectivity index is 1.66. The van der Waals surface area contributed by atoms with Crippen LogP contribution in [0.2, 0.25) is 0 Å². The Morgan fingerprint density at radius 1 is 1.35 bits per heavy atom. The summed E-state index contributed by atoms with van der Waals surface area (Å²) in [6, 6.07) is 0. The highest BCUT2D eigenvalue weighted by atomic mass is 16.2. The highest BCUT2D eigenvalue weighted by Crippen LogP contribution is 2.25. The van der Waals surface area contributed by atoms with Gasteiger partial charge in [-0.1, -0.05) is 13.8 Å². The van der Waals surface area contributed by atoms with Gasteiger partial charge in [-0.3, -0.25) is 9.59 Å². The first-order chi connectivity index (χ1) is 11.1. The maximum Gasteiger partial charge on any atom is 0.271 e. The van der Waals surface area contributed by atoms with Crippen molar-refractivity contribution in [3.8, 4) is 0 Å². The molecule has 0 aliphatic carbocycles. The van der Waals surface area contributed by atoms with Crippen molar-refractivity contribution >= 4 is 11.8 Å². The summed E-state index contributed by atoms with van der Waals surface area (Å²) in [4.78, 5) is 31.1. The molecule has 1 unspecified atom stereocenters. The van der Waals surface area contributed by atoms with E-state index in [2.05, 4.69) is 24.1 Å². The summed E-state index contributed by atoms with van der Waals surface area (Å²) in [7, 11) is 0. The number of imidazole rings is 1. The third-order valence-electron chi connectivity index (χ3n) is 4.75. The van der Waals surface area contributed by atoms with Gasteiger partial charge in [0.15, 0.2) is 0 Å². The van der Waals surface area contributed by atoms with Crippen LogP contribution in [-0.2, 0) is 17.8 Å². The summed E-state index contributed by atoms with van der Waals surface area (Å²) in [5, 5.41) is 2.92. The number of hydrogen-bond donors (Lipinski definition) is 1. The van der Waals surface area contributed by atoms with Crippen LogP contribution >= 0.6 is 0 Å². The molecule has 0 aromatic carbocycles. The maximum atomic E-state index is 12.5. The van der Waals surface area contributed by atoms with Crippen molar-refractivity contribution in [1.29, 1.82) is 0 Å². The number of likely N-dealkylation sites (tertiary alicyclic amines) is 1. The molecule has 1 N–H and O–H groups in total. The van der Waals surface area contributed by atoms with E-state index < -0.39 is 0 Å². The fourth-order valence-corrected chi connectivity index (χ4v) is 3.43. The highest BCUT2D eigenvalue weighted by molar-refractivity contribution is 5.93. The van der Waals surface area contributed by atoms with Crippen molar-refractivity contribution in [2.75, 3.05) is 19.6 Å². The second-order valence-corrected chi connectivity index (χ2v) is 7.06. The number of nitrogens with one attached hydrogen (secondary N) is 1. The molecule has 126 valence electrons. The second-order valence-electron chi connectivity index (χ2n) is 7.06. The summed E-state index contributed by atoms with van der Waals surface area (Å²) in [5.74, 6) is 0.616. The van der Waals surface area contributed by atoms with Gasteiger partial charge in [-0.25, -0.2) is 4.98 Å². The Hall–Kier alpha value is -1.85. The van der Waals surface area contributed by atoms with Gasteiger partial charge in [0.25, 0.3) is 5.91 Å². The normalized spacial score (nSPS) is 20.7. The van der Waals surface area contributed by atoms with Crippen molar-refractivity contribution < 1.29 is 9.59 Å². The molecule has 0 saturated carbocycles. The van der Waals surface area contributed by atoms with Crippen LogP contribution < -0.4 is 5.32 Å². The average molecular weight is 318 g/mol. The van der Waals surface area contributed by atoms with E-state index in [0.717, 1.165) is 44.5 Å². The molecule has 2 aliphatic heterocycles. The van der Waals surface area contributed by atoms with E-state index in [1.807, 2.05) is 9.47 Å². The van der Waals surface area contributed by atoms with Crippen LogP contribution in [0, 0.1) is 11.8 Å². The van der Waals surface area contributed by atoms with Crippen LogP contribution in [0.25, 0.3) is 0 Å². The number of carbonyl (C=O) groups is 2. The lowest BCUT2D eigenvalue weighted by Crippen LogP contribution is -2.38. The minimum Gasteiger partial charge on any atom is -0.350 e. The van der Waals surface area contributed by atoms with Crippen LogP contribution in [0.5, 0.6) is 0 Å². The lowest BCUT2D eigenvalue weighted by molar-refractivity contribution is -0.135. The summed E-state index contributed by atoms with van der Waals surface area (Å²) in [6.07, 6.45) is 5.51. The number of aromatic nitrogens is 2. The molecule has 6 heteroatoms. The quantitative estimate of drug-likeness (QED) is 0.914. The number of hydrogen-bond acceptors (Lipinski definition) is 3. The number of fused-ring (bicyclic) bond motifs is 1. The van der Waals surface area contributed by atoms with Gasteiger partial charge in [0.1, 0.15) is 5.69 Å². The van der Waals surface area contributed by atoms with Gasteiger partial charge in [-0.15, -0.1) is 0 Å². The smallest absolute Gasteiger partial charge is 0.271 e. The first kappa shape index (κ1) is 16.0. The van der Waals surface area contributed by atoms with Gasteiger partial charge in [0, 0.05) is 26.2 Å². The van der Waals surface area contributed by atoms with E-state index in [1.54, 1.807) is 6.33 Å². The lowest BCUT2D eigenvalue weighted by atomic mass is 9.95. The molecule has 2 amide bonds. The zero-order chi connectivity index (χ0) is 16.4. The van der Waals surface area contributed by atoms with Gasteiger partial charge in [0.05, 0.1) is 17.9 Å². The zero-order valence-corrected chi connectivity index (χ0v) is 14.0. The Bertz CT molecular complexity index is 587. The summed E-state index contributed by atoms with van der Waals surface area (Å²) in [5.41, 5.74) is 1.49. The van der Waals surface area contributed by atoms with E-state index in [-0.39, 0.29) is 17.7 Å². The molecule has 0 radical (unpaired) electrons. The van der Waals surface area contributed by atoms with Gasteiger partial charge < -0.3 is 14.8 Å². The lowest BCUT2D eigenvalue weighted by Gasteiger charge is -2.27. The standard InChI is InChI=1S/C17H26N4O2/c1-12(2)9-18-16(22)15-14-6-5-13(10-21(14)11-19-15)17(23)20-7-3-4-8-20/h11-13H,3-10H2,1-2H3,(H,18,22). The van der Waals surface area contributed by atoms with Crippen LogP contribution in [0.15, 0.2) is 6.33 Å². The predicted octanol–water partition coefficient (Wildman–Crippen LogP) is 1.45. The first-order valence-corrected chi connectivity index (χ1v) is 8.67. The molecule has 1 aromatic rings. The van der Waals surface area contributed by atoms with Crippen molar-refractivity contribution in [1.82, 2.24) is 19.8 Å². The van der Waals surface area contributed by atoms with Crippen LogP contribution in [0.1, 0.15) is 49.3 Å². The Labute approximate surface area is 137 Å². The van der Waals surface area contributed by atoms with Crippen molar-refractivity contribution in [2.24, 2.45) is 11.8 Å². The molecule has 3 heterocycles. The molecule has 1 saturated heterocycles. The van der Waals surface area contributed by atoms with Crippen molar-refractivity contribution in [2.45, 2.75) is 46.1 Å². The van der Waals surface area contributed by atoms with E-state index in [1.165, 1.54) is 0 Å². The molecule has 23 heavy (non-hydrogen) atoms. The molecule has 2 aliphatic rings. The average Bonchev–Trinajstić information content (AvgIpc) is 3.20. The molecule has 6 nitrogen and oxygen atoms in total. The van der Waals surface area contributed by atoms with Gasteiger partial charge >= 0.3 is 0 Å². The first-order valence-electron chi connectivity index (χ1n) is 8.67. The Kier molecular flexibility index (Phi) is 4.68. The van der Waals surface area contributed by atoms with Gasteiger partial charge in [-0.05, 0) is 31.6 Å². The maximum absolute atomic E-state index is 12.5. The highest BCUT2D eigenvalue weighted by Gasteiger charge is 2.31. The fourth-order valence-electron chi connectivity index (χ4n) is 3.43. The molecular formula is C17H26N4O2. The molecule has 0 bridgehead atoms. The SMILES string of the molecule is CC(C)CNC(=O)c1ncn2c1CCC(C(=O)N1CCCC1)C2. The number of rotatable bonds is 4. The van der Waals surface area contributed by atoms with E-state index in [0.29, 0.717) is 24.7 Å². The molecule has 0 spiro atoms. The van der Waals surface area contributed by atoms with Crippen molar-refractivity contribution in [3.05, 3.63) is 17.7 Å².